The second-order valence-electron chi connectivity index (χ2n) is 5.54. The molecule has 0 bridgehead atoms. The Kier molecular flexibility index (Phi) is 5.45. The number of rotatable bonds is 6. The second kappa shape index (κ2) is 7.98. The van der Waals surface area contributed by atoms with Gasteiger partial charge in [0.05, 0.1) is 27.9 Å². The number of carbonyl (C=O) groups is 1. The van der Waals surface area contributed by atoms with Gasteiger partial charge in [0.15, 0.2) is 16.7 Å². The van der Waals surface area contributed by atoms with Crippen LogP contribution in [0.5, 0.6) is 17.2 Å². The molecule has 2 N–H and O–H groups in total. The Bertz CT molecular complexity index is 1100. The van der Waals surface area contributed by atoms with E-state index in [2.05, 4.69) is 4.99 Å². The Morgan fingerprint density at radius 2 is 1.79 bits per heavy atom. The fraction of sp³-hybridized carbons (Fsp3) is 0.0588. The lowest BCUT2D eigenvalue weighted by Gasteiger charge is -2.11. The number of non-ortho nitro benzene ring substituents is 1. The van der Waals surface area contributed by atoms with Crippen molar-refractivity contribution in [3.05, 3.63) is 67.1 Å². The lowest BCUT2D eigenvalue weighted by atomic mass is 10.2. The Morgan fingerprint density at radius 3 is 2.38 bits per heavy atom. The molecule has 2 aromatic rings. The number of aliphatic imine (C=N–C) groups is 1. The van der Waals surface area contributed by atoms with Crippen molar-refractivity contribution in [2.24, 2.45) is 10.7 Å². The van der Waals surface area contributed by atoms with Gasteiger partial charge < -0.3 is 15.2 Å². The van der Waals surface area contributed by atoms with Gasteiger partial charge in [0, 0.05) is 6.07 Å². The van der Waals surface area contributed by atoms with Crippen LogP contribution in [0.2, 0.25) is 0 Å². The number of nitrogens with zero attached hydrogens (tertiary/aromatic N) is 3. The molecule has 3 rings (SSSR count). The highest BCUT2D eigenvalue weighted by atomic mass is 32.2. The Morgan fingerprint density at radius 1 is 1.07 bits per heavy atom. The minimum Gasteiger partial charge on any atom is -0.493 e. The molecule has 148 valence electrons. The fourth-order valence-corrected chi connectivity index (χ4v) is 3.09. The van der Waals surface area contributed by atoms with Gasteiger partial charge in [0.2, 0.25) is 5.75 Å². The van der Waals surface area contributed by atoms with Crippen molar-refractivity contribution in [1.29, 1.82) is 0 Å². The first kappa shape index (κ1) is 19.8. The molecule has 29 heavy (non-hydrogen) atoms. The molecule has 0 fully saturated rings. The highest BCUT2D eigenvalue weighted by Gasteiger charge is 2.23. The zero-order valence-corrected chi connectivity index (χ0v) is 15.5. The molecule has 1 aliphatic rings. The maximum absolute atomic E-state index is 11.8. The molecule has 1 heterocycles. The first-order valence-corrected chi connectivity index (χ1v) is 8.67. The van der Waals surface area contributed by atoms with Gasteiger partial charge in [0.25, 0.3) is 11.6 Å². The molecule has 0 aromatic heterocycles. The summed E-state index contributed by atoms with van der Waals surface area (Å²) >= 11 is 1.01. The van der Waals surface area contributed by atoms with Gasteiger partial charge in [-0.25, -0.2) is 0 Å². The van der Waals surface area contributed by atoms with Crippen LogP contribution in [0.3, 0.4) is 0 Å². The first-order chi connectivity index (χ1) is 13.8. The predicted molar refractivity (Wildman–Crippen MR) is 105 cm³/mol. The largest absolute Gasteiger partial charge is 0.493 e. The molecule has 0 saturated carbocycles. The number of hydrogen-bond acceptors (Lipinski definition) is 9. The van der Waals surface area contributed by atoms with Crippen molar-refractivity contribution in [2.75, 3.05) is 7.11 Å². The monoisotopic (exact) mass is 416 g/mol. The van der Waals surface area contributed by atoms with Crippen LogP contribution < -0.4 is 15.2 Å². The molecule has 0 atom stereocenters. The van der Waals surface area contributed by atoms with E-state index in [1.165, 1.54) is 19.3 Å². The van der Waals surface area contributed by atoms with Crippen molar-refractivity contribution in [3.63, 3.8) is 0 Å². The molecule has 0 spiro atoms. The van der Waals surface area contributed by atoms with Gasteiger partial charge in [-0.1, -0.05) is 6.07 Å². The van der Waals surface area contributed by atoms with Crippen LogP contribution in [0, 0.1) is 20.2 Å². The van der Waals surface area contributed by atoms with Crippen LogP contribution in [0.1, 0.15) is 5.56 Å². The number of hydrogen-bond donors (Lipinski definition) is 1. The van der Waals surface area contributed by atoms with E-state index in [0.717, 1.165) is 30.0 Å². The molecule has 0 unspecified atom stereocenters. The van der Waals surface area contributed by atoms with Gasteiger partial charge in [-0.15, -0.1) is 0 Å². The summed E-state index contributed by atoms with van der Waals surface area (Å²) in [6.45, 7) is 0. The van der Waals surface area contributed by atoms with Crippen molar-refractivity contribution in [1.82, 2.24) is 0 Å². The smallest absolute Gasteiger partial charge is 0.318 e. The van der Waals surface area contributed by atoms with Crippen LogP contribution in [-0.2, 0) is 4.79 Å². The van der Waals surface area contributed by atoms with E-state index < -0.39 is 27.1 Å². The van der Waals surface area contributed by atoms with Crippen LogP contribution in [0.4, 0.5) is 11.4 Å². The molecule has 11 nitrogen and oxygen atoms in total. The topological polar surface area (TPSA) is 160 Å². The number of carbonyl (C=O) groups excluding carboxylic acids is 1. The average molecular weight is 416 g/mol. The van der Waals surface area contributed by atoms with Crippen molar-refractivity contribution in [2.45, 2.75) is 0 Å². The van der Waals surface area contributed by atoms with Crippen LogP contribution in [-0.4, -0.2) is 28.0 Å². The number of nitro benzene ring substituents is 2. The Hall–Kier alpha value is -3.93. The summed E-state index contributed by atoms with van der Waals surface area (Å²) in [6, 6.07) is 7.72. The summed E-state index contributed by atoms with van der Waals surface area (Å²) in [6.07, 6.45) is 1.53. The highest BCUT2D eigenvalue weighted by molar-refractivity contribution is 8.18. The minimum atomic E-state index is -0.783. The van der Waals surface area contributed by atoms with Gasteiger partial charge >= 0.3 is 5.69 Å². The summed E-state index contributed by atoms with van der Waals surface area (Å²) < 4.78 is 10.8. The molecule has 1 amide bonds. The van der Waals surface area contributed by atoms with E-state index in [0.29, 0.717) is 10.5 Å². The highest BCUT2D eigenvalue weighted by Crippen LogP contribution is 2.39. The third-order valence-electron chi connectivity index (χ3n) is 3.69. The summed E-state index contributed by atoms with van der Waals surface area (Å²) in [5, 5.41) is 22.3. The minimum absolute atomic E-state index is 0.114. The van der Waals surface area contributed by atoms with E-state index in [1.807, 2.05) is 0 Å². The fourth-order valence-electron chi connectivity index (χ4n) is 2.41. The average Bonchev–Trinajstić information content (AvgIpc) is 2.98. The molecule has 0 radical (unpaired) electrons. The van der Waals surface area contributed by atoms with E-state index in [4.69, 9.17) is 15.2 Å². The number of nitro groups is 2. The molecule has 0 saturated heterocycles. The Balaban J connectivity index is 1.99. The molecular weight excluding hydrogens is 404 g/mol. The van der Waals surface area contributed by atoms with E-state index in [9.17, 15) is 25.0 Å². The van der Waals surface area contributed by atoms with Crippen molar-refractivity contribution >= 4 is 40.3 Å². The van der Waals surface area contributed by atoms with Gasteiger partial charge in [-0.2, -0.15) is 4.99 Å². The number of methoxy groups -OCH3 is 1. The predicted octanol–water partition coefficient (Wildman–Crippen LogP) is 3.23. The number of amidine groups is 1. The normalized spacial score (nSPS) is 14.6. The summed E-state index contributed by atoms with van der Waals surface area (Å²) in [5.41, 5.74) is 5.04. The third kappa shape index (κ3) is 4.32. The zero-order valence-electron chi connectivity index (χ0n) is 14.7. The summed E-state index contributed by atoms with van der Waals surface area (Å²) in [7, 11) is 1.38. The third-order valence-corrected chi connectivity index (χ3v) is 4.51. The zero-order chi connectivity index (χ0) is 21.1. The maximum atomic E-state index is 11.8. The van der Waals surface area contributed by atoms with Crippen molar-refractivity contribution in [3.8, 4) is 17.2 Å². The maximum Gasteiger partial charge on any atom is 0.318 e. The van der Waals surface area contributed by atoms with E-state index >= 15 is 0 Å². The number of benzene rings is 2. The lowest BCUT2D eigenvalue weighted by Crippen LogP contribution is -2.01. The number of amides is 1. The standard InChI is InChI=1S/C17H12N4O7S/c1-27-13-4-2-9(7-15-16(22)19-17(18)29-15)6-14(13)28-12-5-3-10(20(23)24)8-11(12)21(25)26/h2-8H,1H3,(H2,18,19,22). The van der Waals surface area contributed by atoms with Gasteiger partial charge in [-0.05, 0) is 41.6 Å². The second-order valence-corrected chi connectivity index (χ2v) is 6.61. The summed E-state index contributed by atoms with van der Waals surface area (Å²) in [5.74, 6) is -0.302. The number of ether oxygens (including phenoxy) is 2. The SMILES string of the molecule is COc1ccc(C=C2SC(N)=NC2=O)cc1Oc1ccc([N+](=O)[O-])cc1[N+](=O)[O-]. The quantitative estimate of drug-likeness (QED) is 0.423. The number of thioether (sulfide) groups is 1. The van der Waals surface area contributed by atoms with Crippen molar-refractivity contribution < 1.29 is 24.1 Å². The van der Waals surface area contributed by atoms with Crippen LogP contribution in [0.25, 0.3) is 6.08 Å². The molecule has 0 aliphatic carbocycles. The van der Waals surface area contributed by atoms with Gasteiger partial charge in [-0.3, -0.25) is 25.0 Å². The summed E-state index contributed by atoms with van der Waals surface area (Å²) in [4.78, 5) is 36.3. The molecule has 1 aliphatic heterocycles. The van der Waals surface area contributed by atoms with Crippen LogP contribution in [0.15, 0.2) is 46.3 Å². The van der Waals surface area contributed by atoms with E-state index in [-0.39, 0.29) is 22.4 Å². The molecule has 12 heteroatoms. The van der Waals surface area contributed by atoms with Crippen LogP contribution >= 0.6 is 11.8 Å². The molecule has 2 aromatic carbocycles. The van der Waals surface area contributed by atoms with Gasteiger partial charge in [0.1, 0.15) is 0 Å². The van der Waals surface area contributed by atoms with E-state index in [1.54, 1.807) is 12.1 Å². The lowest BCUT2D eigenvalue weighted by molar-refractivity contribution is -0.394. The number of nitrogens with two attached hydrogens (primary N) is 1. The molecular formula is C17H12N4O7S. The Labute approximate surface area is 167 Å². The first-order valence-electron chi connectivity index (χ1n) is 7.85.